The summed E-state index contributed by atoms with van der Waals surface area (Å²) >= 11 is 0. The van der Waals surface area contributed by atoms with Gasteiger partial charge in [0, 0.05) is 30.7 Å². The molecule has 0 spiro atoms. The van der Waals surface area contributed by atoms with Crippen LogP contribution in [0.5, 0.6) is 5.75 Å². The van der Waals surface area contributed by atoms with E-state index in [2.05, 4.69) is 62.2 Å². The molecule has 20 heavy (non-hydrogen) atoms. The van der Waals surface area contributed by atoms with Crippen LogP contribution in [0.15, 0.2) is 24.3 Å². The van der Waals surface area contributed by atoms with E-state index in [0.717, 1.165) is 18.8 Å². The molecule has 112 valence electrons. The van der Waals surface area contributed by atoms with Crippen LogP contribution in [0.4, 0.5) is 0 Å². The van der Waals surface area contributed by atoms with Crippen molar-refractivity contribution < 1.29 is 4.74 Å². The maximum atomic E-state index is 5.25. The SMILES string of the molecule is CCC1CNC(C)(C)CN1C(C)c1ccc(OC)cc1. The Morgan fingerprint density at radius 3 is 2.55 bits per heavy atom. The maximum Gasteiger partial charge on any atom is 0.118 e. The predicted molar refractivity (Wildman–Crippen MR) is 84.3 cm³/mol. The number of nitrogens with one attached hydrogen (secondary N) is 1. The molecular formula is C17H28N2O. The molecule has 1 aromatic rings. The Morgan fingerprint density at radius 1 is 1.35 bits per heavy atom. The van der Waals surface area contributed by atoms with Gasteiger partial charge in [0.15, 0.2) is 0 Å². The molecule has 0 amide bonds. The number of hydrogen-bond acceptors (Lipinski definition) is 3. The average Bonchev–Trinajstić information content (AvgIpc) is 2.46. The summed E-state index contributed by atoms with van der Waals surface area (Å²) in [7, 11) is 1.71. The van der Waals surface area contributed by atoms with Crippen LogP contribution in [-0.4, -0.2) is 36.7 Å². The molecule has 0 aliphatic carbocycles. The van der Waals surface area contributed by atoms with E-state index in [1.54, 1.807) is 7.11 Å². The van der Waals surface area contributed by atoms with Gasteiger partial charge in [-0.15, -0.1) is 0 Å². The van der Waals surface area contributed by atoms with Gasteiger partial charge in [0.25, 0.3) is 0 Å². The van der Waals surface area contributed by atoms with E-state index in [1.165, 1.54) is 12.0 Å². The molecule has 1 N–H and O–H groups in total. The lowest BCUT2D eigenvalue weighted by Gasteiger charge is -2.47. The molecule has 2 unspecified atom stereocenters. The largest absolute Gasteiger partial charge is 0.497 e. The summed E-state index contributed by atoms with van der Waals surface area (Å²) < 4.78 is 5.25. The highest BCUT2D eigenvalue weighted by molar-refractivity contribution is 5.29. The first kappa shape index (κ1) is 15.3. The fraction of sp³-hybridized carbons (Fsp3) is 0.647. The van der Waals surface area contributed by atoms with Crippen LogP contribution in [0.2, 0.25) is 0 Å². The van der Waals surface area contributed by atoms with Gasteiger partial charge in [-0.1, -0.05) is 19.1 Å². The summed E-state index contributed by atoms with van der Waals surface area (Å²) in [6.45, 7) is 11.3. The minimum atomic E-state index is 0.187. The lowest BCUT2D eigenvalue weighted by molar-refractivity contribution is 0.0580. The molecule has 1 aromatic carbocycles. The number of rotatable bonds is 4. The average molecular weight is 276 g/mol. The fourth-order valence-electron chi connectivity index (χ4n) is 3.06. The Balaban J connectivity index is 2.17. The number of nitrogens with zero attached hydrogens (tertiary/aromatic N) is 1. The van der Waals surface area contributed by atoms with Crippen molar-refractivity contribution in [2.45, 2.75) is 51.7 Å². The van der Waals surface area contributed by atoms with Gasteiger partial charge < -0.3 is 10.1 Å². The highest BCUT2D eigenvalue weighted by atomic mass is 16.5. The third kappa shape index (κ3) is 3.33. The molecule has 1 fully saturated rings. The smallest absolute Gasteiger partial charge is 0.118 e. The van der Waals surface area contributed by atoms with Crippen molar-refractivity contribution in [3.63, 3.8) is 0 Å². The van der Waals surface area contributed by atoms with Crippen molar-refractivity contribution in [1.82, 2.24) is 10.2 Å². The number of benzene rings is 1. The van der Waals surface area contributed by atoms with Crippen LogP contribution in [0.1, 0.15) is 45.7 Å². The molecule has 1 aliphatic rings. The molecule has 2 rings (SSSR count). The molecule has 2 atom stereocenters. The summed E-state index contributed by atoms with van der Waals surface area (Å²) in [5, 5.41) is 3.65. The lowest BCUT2D eigenvalue weighted by Crippen LogP contribution is -2.61. The second-order valence-electron chi connectivity index (χ2n) is 6.45. The van der Waals surface area contributed by atoms with E-state index in [9.17, 15) is 0 Å². The van der Waals surface area contributed by atoms with E-state index in [4.69, 9.17) is 4.74 Å². The van der Waals surface area contributed by atoms with Crippen LogP contribution < -0.4 is 10.1 Å². The van der Waals surface area contributed by atoms with E-state index in [0.29, 0.717) is 12.1 Å². The summed E-state index contributed by atoms with van der Waals surface area (Å²) in [6, 6.07) is 9.53. The van der Waals surface area contributed by atoms with Gasteiger partial charge in [-0.3, -0.25) is 4.90 Å². The van der Waals surface area contributed by atoms with Crippen LogP contribution in [0.3, 0.4) is 0 Å². The molecule has 0 bridgehead atoms. The van der Waals surface area contributed by atoms with Crippen molar-refractivity contribution in [1.29, 1.82) is 0 Å². The van der Waals surface area contributed by atoms with Crippen LogP contribution in [0, 0.1) is 0 Å². The molecule has 1 saturated heterocycles. The molecule has 1 heterocycles. The van der Waals surface area contributed by atoms with E-state index < -0.39 is 0 Å². The molecule has 1 aliphatic heterocycles. The molecule has 3 heteroatoms. The van der Waals surface area contributed by atoms with Gasteiger partial charge in [0.2, 0.25) is 0 Å². The Labute approximate surface area is 123 Å². The van der Waals surface area contributed by atoms with Gasteiger partial charge in [-0.25, -0.2) is 0 Å². The second-order valence-corrected chi connectivity index (χ2v) is 6.45. The van der Waals surface area contributed by atoms with Gasteiger partial charge >= 0.3 is 0 Å². The predicted octanol–water partition coefficient (Wildman–Crippen LogP) is 3.22. The number of hydrogen-bond donors (Lipinski definition) is 1. The van der Waals surface area contributed by atoms with Crippen molar-refractivity contribution in [3.8, 4) is 5.75 Å². The molecule has 0 aromatic heterocycles. The summed E-state index contributed by atoms with van der Waals surface area (Å²) in [6.07, 6.45) is 1.18. The number of ether oxygens (including phenoxy) is 1. The Hall–Kier alpha value is -1.06. The second kappa shape index (κ2) is 6.15. The fourth-order valence-corrected chi connectivity index (χ4v) is 3.06. The zero-order valence-corrected chi connectivity index (χ0v) is 13.4. The Bertz CT molecular complexity index is 427. The van der Waals surface area contributed by atoms with Crippen molar-refractivity contribution in [2.75, 3.05) is 20.2 Å². The third-order valence-electron chi connectivity index (χ3n) is 4.43. The normalized spacial score (nSPS) is 24.4. The maximum absolute atomic E-state index is 5.25. The summed E-state index contributed by atoms with van der Waals surface area (Å²) in [4.78, 5) is 2.64. The van der Waals surface area contributed by atoms with Crippen LogP contribution in [0.25, 0.3) is 0 Å². The van der Waals surface area contributed by atoms with Crippen LogP contribution >= 0.6 is 0 Å². The Morgan fingerprint density at radius 2 is 2.00 bits per heavy atom. The first-order chi connectivity index (χ1) is 9.46. The van der Waals surface area contributed by atoms with Gasteiger partial charge in [0.05, 0.1) is 7.11 Å². The van der Waals surface area contributed by atoms with Crippen LogP contribution in [-0.2, 0) is 0 Å². The standard InChI is InChI=1S/C17H28N2O/c1-6-15-11-18-17(3,4)12-19(15)13(2)14-7-9-16(20-5)10-8-14/h7-10,13,15,18H,6,11-12H2,1-5H3. The molecular weight excluding hydrogens is 248 g/mol. The minimum absolute atomic E-state index is 0.187. The number of methoxy groups -OCH3 is 1. The first-order valence-corrected chi connectivity index (χ1v) is 7.61. The number of piperazine rings is 1. The van der Waals surface area contributed by atoms with E-state index in [1.807, 2.05) is 0 Å². The van der Waals surface area contributed by atoms with Crippen molar-refractivity contribution in [3.05, 3.63) is 29.8 Å². The van der Waals surface area contributed by atoms with E-state index in [-0.39, 0.29) is 5.54 Å². The molecule has 0 radical (unpaired) electrons. The zero-order chi connectivity index (χ0) is 14.8. The van der Waals surface area contributed by atoms with Crippen molar-refractivity contribution >= 4 is 0 Å². The van der Waals surface area contributed by atoms with Gasteiger partial charge in [0.1, 0.15) is 5.75 Å². The zero-order valence-electron chi connectivity index (χ0n) is 13.4. The highest BCUT2D eigenvalue weighted by Crippen LogP contribution is 2.29. The van der Waals surface area contributed by atoms with Gasteiger partial charge in [-0.05, 0) is 44.9 Å². The summed E-state index contributed by atoms with van der Waals surface area (Å²) in [5.41, 5.74) is 1.55. The van der Waals surface area contributed by atoms with E-state index >= 15 is 0 Å². The molecule has 0 saturated carbocycles. The highest BCUT2D eigenvalue weighted by Gasteiger charge is 2.34. The topological polar surface area (TPSA) is 24.5 Å². The van der Waals surface area contributed by atoms with Crippen molar-refractivity contribution in [2.24, 2.45) is 0 Å². The quantitative estimate of drug-likeness (QED) is 0.914. The monoisotopic (exact) mass is 276 g/mol. The lowest BCUT2D eigenvalue weighted by atomic mass is 9.94. The van der Waals surface area contributed by atoms with Gasteiger partial charge in [-0.2, -0.15) is 0 Å². The first-order valence-electron chi connectivity index (χ1n) is 7.61. The molecule has 3 nitrogen and oxygen atoms in total. The third-order valence-corrected chi connectivity index (χ3v) is 4.43. The summed E-state index contributed by atoms with van der Waals surface area (Å²) in [5.74, 6) is 0.925. The minimum Gasteiger partial charge on any atom is -0.497 e. The Kier molecular flexibility index (Phi) is 4.71.